The van der Waals surface area contributed by atoms with Crippen LogP contribution in [0, 0.1) is 0 Å². The van der Waals surface area contributed by atoms with Crippen LogP contribution in [-0.2, 0) is 11.2 Å². The normalized spacial score (nSPS) is 14.1. The molecule has 0 radical (unpaired) electrons. The summed E-state index contributed by atoms with van der Waals surface area (Å²) in [6.07, 6.45) is 6.16. The van der Waals surface area contributed by atoms with E-state index in [-0.39, 0.29) is 0 Å². The van der Waals surface area contributed by atoms with E-state index in [1.165, 1.54) is 0 Å². The second kappa shape index (κ2) is 10.1. The topological polar surface area (TPSA) is 101 Å². The van der Waals surface area contributed by atoms with Gasteiger partial charge in [-0.15, -0.1) is 0 Å². The number of hydrogen-bond acceptors (Lipinski definition) is 8. The molecule has 0 atom stereocenters. The fourth-order valence-corrected chi connectivity index (χ4v) is 3.65. The lowest BCUT2D eigenvalue weighted by molar-refractivity contribution is 0.122. The third-order valence-electron chi connectivity index (χ3n) is 5.35. The Kier molecular flexibility index (Phi) is 6.39. The Morgan fingerprint density at radius 1 is 1.12 bits per heavy atom. The third-order valence-corrected chi connectivity index (χ3v) is 5.35. The van der Waals surface area contributed by atoms with Crippen molar-refractivity contribution in [3.05, 3.63) is 72.2 Å². The Hall–Kier alpha value is -3.98. The molecule has 0 saturated carbocycles. The first-order chi connectivity index (χ1) is 16.3. The van der Waals surface area contributed by atoms with Crippen LogP contribution in [0.5, 0.6) is 6.01 Å². The molecule has 9 nitrogen and oxygen atoms in total. The van der Waals surface area contributed by atoms with Gasteiger partial charge in [-0.2, -0.15) is 15.1 Å². The number of nitrogens with zero attached hydrogens (tertiary/aromatic N) is 5. The summed E-state index contributed by atoms with van der Waals surface area (Å²) in [6.45, 7) is 3.30. The van der Waals surface area contributed by atoms with Crippen molar-refractivity contribution in [2.45, 2.75) is 6.42 Å². The van der Waals surface area contributed by atoms with Crippen LogP contribution in [0.25, 0.3) is 10.9 Å². The first-order valence-electron chi connectivity index (χ1n) is 10.9. The highest BCUT2D eigenvalue weighted by atomic mass is 16.5. The Bertz CT molecular complexity index is 1220. The quantitative estimate of drug-likeness (QED) is 0.318. The number of anilines is 2. The molecule has 0 aliphatic carbocycles. The molecule has 0 spiro atoms. The van der Waals surface area contributed by atoms with E-state index >= 15 is 0 Å². The van der Waals surface area contributed by atoms with Crippen molar-refractivity contribution in [2.75, 3.05) is 43.2 Å². The maximum absolute atomic E-state index is 5.87. The number of rotatable bonds is 8. The van der Waals surface area contributed by atoms with E-state index in [0.717, 1.165) is 41.1 Å². The van der Waals surface area contributed by atoms with E-state index in [2.05, 4.69) is 41.4 Å². The molecule has 0 bridgehead atoms. The average Bonchev–Trinajstić information content (AvgIpc) is 3.28. The van der Waals surface area contributed by atoms with Gasteiger partial charge >= 0.3 is 6.01 Å². The van der Waals surface area contributed by atoms with Gasteiger partial charge in [0.15, 0.2) is 5.82 Å². The molecule has 1 aliphatic heterocycles. The molecule has 4 heterocycles. The Labute approximate surface area is 191 Å². The predicted molar refractivity (Wildman–Crippen MR) is 128 cm³/mol. The van der Waals surface area contributed by atoms with Crippen molar-refractivity contribution >= 4 is 28.8 Å². The molecule has 0 unspecified atom stereocenters. The molecule has 3 aromatic heterocycles. The number of para-hydroxylation sites is 1. The summed E-state index contributed by atoms with van der Waals surface area (Å²) in [5.74, 6) is 1.35. The number of aromatic nitrogens is 4. The van der Waals surface area contributed by atoms with Crippen LogP contribution in [-0.4, -0.2) is 59.1 Å². The number of pyridine rings is 1. The number of hydrazone groups is 1. The summed E-state index contributed by atoms with van der Waals surface area (Å²) >= 11 is 0. The summed E-state index contributed by atoms with van der Waals surface area (Å²) < 4.78 is 11.3. The minimum atomic E-state index is 0.305. The number of ether oxygens (including phenoxy) is 2. The van der Waals surface area contributed by atoms with Crippen LogP contribution in [0.3, 0.4) is 0 Å². The molecule has 1 aromatic carbocycles. The van der Waals surface area contributed by atoms with E-state index < -0.39 is 0 Å². The largest absolute Gasteiger partial charge is 0.463 e. The summed E-state index contributed by atoms with van der Waals surface area (Å²) in [6, 6.07) is 16.1. The number of benzene rings is 1. The molecule has 1 saturated heterocycles. The molecule has 0 amide bonds. The van der Waals surface area contributed by atoms with Crippen molar-refractivity contribution in [1.82, 2.24) is 19.9 Å². The van der Waals surface area contributed by atoms with Crippen LogP contribution in [0.15, 0.2) is 66.0 Å². The number of nitrogens with one attached hydrogen (secondary N) is 2. The predicted octanol–water partition coefficient (Wildman–Crippen LogP) is 3.26. The lowest BCUT2D eigenvalue weighted by atomic mass is 10.2. The highest BCUT2D eigenvalue weighted by Gasteiger charge is 2.15. The molecule has 1 aliphatic rings. The van der Waals surface area contributed by atoms with Gasteiger partial charge in [-0.05, 0) is 18.2 Å². The Balaban J connectivity index is 1.31. The average molecular weight is 444 g/mol. The smallest absolute Gasteiger partial charge is 0.320 e. The van der Waals surface area contributed by atoms with Crippen molar-refractivity contribution in [3.8, 4) is 6.01 Å². The van der Waals surface area contributed by atoms with Crippen molar-refractivity contribution < 1.29 is 9.47 Å². The van der Waals surface area contributed by atoms with Crippen molar-refractivity contribution in [1.29, 1.82) is 0 Å². The molecule has 168 valence electrons. The van der Waals surface area contributed by atoms with E-state index in [4.69, 9.17) is 9.47 Å². The second-order valence-electron chi connectivity index (χ2n) is 7.57. The minimum absolute atomic E-state index is 0.305. The van der Waals surface area contributed by atoms with Gasteiger partial charge in [0.05, 0.1) is 26.0 Å². The van der Waals surface area contributed by atoms with E-state index in [1.54, 1.807) is 12.4 Å². The molecule has 2 N–H and O–H groups in total. The lowest BCUT2D eigenvalue weighted by Gasteiger charge is -2.28. The number of H-pyrrole nitrogens is 1. The van der Waals surface area contributed by atoms with Gasteiger partial charge in [-0.1, -0.05) is 24.3 Å². The fourth-order valence-electron chi connectivity index (χ4n) is 3.65. The van der Waals surface area contributed by atoms with Crippen molar-refractivity contribution in [2.24, 2.45) is 5.10 Å². The zero-order valence-corrected chi connectivity index (χ0v) is 18.1. The SMILES string of the molecule is C(=N\Nc1cc(N2CCOCC2)nc(OCCc2ccccn2)n1)/c1c[nH]c2ccccc12. The molecule has 33 heavy (non-hydrogen) atoms. The molecule has 4 aromatic rings. The number of fused-ring (bicyclic) bond motifs is 1. The Morgan fingerprint density at radius 3 is 2.88 bits per heavy atom. The minimum Gasteiger partial charge on any atom is -0.463 e. The zero-order valence-electron chi connectivity index (χ0n) is 18.1. The third kappa shape index (κ3) is 5.27. The van der Waals surface area contributed by atoms with Crippen LogP contribution >= 0.6 is 0 Å². The molecular formula is C24H25N7O2. The highest BCUT2D eigenvalue weighted by molar-refractivity contribution is 5.99. The van der Waals surface area contributed by atoms with E-state index in [9.17, 15) is 0 Å². The van der Waals surface area contributed by atoms with Gasteiger partial charge < -0.3 is 19.4 Å². The van der Waals surface area contributed by atoms with Gasteiger partial charge in [0, 0.05) is 60.1 Å². The molecule has 1 fully saturated rings. The van der Waals surface area contributed by atoms with Crippen LogP contribution in [0.2, 0.25) is 0 Å². The molecule has 5 rings (SSSR count). The van der Waals surface area contributed by atoms with Gasteiger partial charge in [0.1, 0.15) is 5.82 Å². The van der Waals surface area contributed by atoms with Gasteiger partial charge in [0.2, 0.25) is 0 Å². The van der Waals surface area contributed by atoms with Crippen LogP contribution < -0.4 is 15.1 Å². The standard InChI is InChI=1S/C24H25N7O2/c1-2-7-21-20(6-1)18(16-26-21)17-27-30-22-15-23(31-10-13-32-14-11-31)29-24(28-22)33-12-8-19-5-3-4-9-25-19/h1-7,9,15-17,26H,8,10-14H2,(H,28,29,30)/b27-17+. The molecular weight excluding hydrogens is 418 g/mol. The Morgan fingerprint density at radius 2 is 2.00 bits per heavy atom. The summed E-state index contributed by atoms with van der Waals surface area (Å²) in [5.41, 5.74) is 6.05. The van der Waals surface area contributed by atoms with Gasteiger partial charge in [-0.25, -0.2) is 0 Å². The lowest BCUT2D eigenvalue weighted by Crippen LogP contribution is -2.36. The van der Waals surface area contributed by atoms with Gasteiger partial charge in [0.25, 0.3) is 0 Å². The fraction of sp³-hybridized carbons (Fsp3) is 0.250. The number of hydrogen-bond donors (Lipinski definition) is 2. The summed E-state index contributed by atoms with van der Waals surface area (Å²) in [7, 11) is 0. The monoisotopic (exact) mass is 443 g/mol. The maximum atomic E-state index is 5.87. The second-order valence-corrected chi connectivity index (χ2v) is 7.57. The zero-order chi connectivity index (χ0) is 22.3. The maximum Gasteiger partial charge on any atom is 0.320 e. The van der Waals surface area contributed by atoms with E-state index in [1.807, 2.05) is 48.7 Å². The number of aromatic amines is 1. The van der Waals surface area contributed by atoms with Gasteiger partial charge in [-0.3, -0.25) is 10.4 Å². The summed E-state index contributed by atoms with van der Waals surface area (Å²) in [4.78, 5) is 18.8. The van der Waals surface area contributed by atoms with Crippen LogP contribution in [0.1, 0.15) is 11.3 Å². The number of morpholine rings is 1. The summed E-state index contributed by atoms with van der Waals surface area (Å²) in [5, 5.41) is 5.50. The first kappa shape index (κ1) is 20.9. The van der Waals surface area contributed by atoms with Crippen LogP contribution in [0.4, 0.5) is 11.6 Å². The highest BCUT2D eigenvalue weighted by Crippen LogP contribution is 2.21. The molecule has 9 heteroatoms. The van der Waals surface area contributed by atoms with Crippen molar-refractivity contribution in [3.63, 3.8) is 0 Å². The van der Waals surface area contributed by atoms with E-state index in [0.29, 0.717) is 38.1 Å². The first-order valence-corrected chi connectivity index (χ1v) is 10.9.